The summed E-state index contributed by atoms with van der Waals surface area (Å²) in [7, 11) is 0. The summed E-state index contributed by atoms with van der Waals surface area (Å²) in [6.45, 7) is 0. The van der Waals surface area contributed by atoms with E-state index in [1.807, 2.05) is 0 Å². The second kappa shape index (κ2) is 3.00. The fourth-order valence-electron chi connectivity index (χ4n) is 1.51. The minimum absolute atomic E-state index is 0.0283. The molecule has 1 saturated carbocycles. The van der Waals surface area contributed by atoms with Gasteiger partial charge in [0.2, 0.25) is 0 Å². The molecule has 0 aliphatic heterocycles. The van der Waals surface area contributed by atoms with Gasteiger partial charge in [-0.3, -0.25) is 0 Å². The van der Waals surface area contributed by atoms with Crippen molar-refractivity contribution in [1.82, 2.24) is 0 Å². The monoisotopic (exact) mass is 181 g/mol. The van der Waals surface area contributed by atoms with Crippen LogP contribution in [-0.4, -0.2) is 5.11 Å². The molecule has 1 aromatic carbocycles. The second-order valence-corrected chi connectivity index (χ2v) is 3.57. The van der Waals surface area contributed by atoms with Crippen LogP contribution in [0.15, 0.2) is 18.2 Å². The van der Waals surface area contributed by atoms with E-state index in [2.05, 4.69) is 0 Å². The number of hydrogen-bond donors (Lipinski definition) is 2. The average molecular weight is 181 g/mol. The molecule has 2 rings (SSSR count). The molecule has 0 amide bonds. The number of phenols is 1. The van der Waals surface area contributed by atoms with Gasteiger partial charge >= 0.3 is 0 Å². The van der Waals surface area contributed by atoms with Gasteiger partial charge in [0.15, 0.2) is 0 Å². The Morgan fingerprint density at radius 2 is 2.15 bits per heavy atom. The lowest BCUT2D eigenvalue weighted by Gasteiger charge is -2.11. The van der Waals surface area contributed by atoms with Crippen molar-refractivity contribution in [2.24, 2.45) is 11.7 Å². The van der Waals surface area contributed by atoms with E-state index in [-0.39, 0.29) is 11.8 Å². The summed E-state index contributed by atoms with van der Waals surface area (Å²) in [6, 6.07) is 3.86. The third kappa shape index (κ3) is 1.65. The zero-order valence-corrected chi connectivity index (χ0v) is 7.20. The fourth-order valence-corrected chi connectivity index (χ4v) is 1.51. The first kappa shape index (κ1) is 8.51. The number of phenolic OH excluding ortho intramolecular Hbond substituents is 1. The van der Waals surface area contributed by atoms with E-state index < -0.39 is 5.82 Å². The highest BCUT2D eigenvalue weighted by Gasteiger charge is 2.30. The van der Waals surface area contributed by atoms with Crippen molar-refractivity contribution in [3.05, 3.63) is 29.6 Å². The van der Waals surface area contributed by atoms with Crippen LogP contribution in [0.3, 0.4) is 0 Å². The van der Waals surface area contributed by atoms with Gasteiger partial charge in [-0.1, -0.05) is 6.07 Å². The van der Waals surface area contributed by atoms with Gasteiger partial charge in [-0.05, 0) is 24.8 Å². The molecule has 0 aromatic heterocycles. The van der Waals surface area contributed by atoms with Crippen LogP contribution in [0.2, 0.25) is 0 Å². The predicted octanol–water partition coefficient (Wildman–Crippen LogP) is 1.94. The minimum atomic E-state index is -0.427. The molecule has 1 aliphatic rings. The van der Waals surface area contributed by atoms with Crippen LogP contribution in [0, 0.1) is 11.7 Å². The molecule has 1 aliphatic carbocycles. The Bertz CT molecular complexity index is 323. The van der Waals surface area contributed by atoms with Gasteiger partial charge in [-0.25, -0.2) is 4.39 Å². The van der Waals surface area contributed by atoms with Crippen molar-refractivity contribution < 1.29 is 9.50 Å². The smallest absolute Gasteiger partial charge is 0.126 e. The lowest BCUT2D eigenvalue weighted by molar-refractivity contribution is 0.450. The first-order valence-corrected chi connectivity index (χ1v) is 4.42. The van der Waals surface area contributed by atoms with Crippen molar-refractivity contribution in [2.75, 3.05) is 0 Å². The highest BCUT2D eigenvalue weighted by atomic mass is 19.1. The molecule has 0 spiro atoms. The molecule has 1 aromatic rings. The van der Waals surface area contributed by atoms with Crippen molar-refractivity contribution >= 4 is 0 Å². The minimum Gasteiger partial charge on any atom is -0.508 e. The van der Waals surface area contributed by atoms with E-state index in [4.69, 9.17) is 5.73 Å². The maximum atomic E-state index is 12.6. The van der Waals surface area contributed by atoms with Gasteiger partial charge in [-0.15, -0.1) is 0 Å². The van der Waals surface area contributed by atoms with E-state index in [1.54, 1.807) is 6.07 Å². The van der Waals surface area contributed by atoms with E-state index in [1.165, 1.54) is 6.07 Å². The van der Waals surface area contributed by atoms with E-state index in [0.29, 0.717) is 11.5 Å². The number of hydrogen-bond acceptors (Lipinski definition) is 2. The van der Waals surface area contributed by atoms with Crippen molar-refractivity contribution in [2.45, 2.75) is 18.9 Å². The maximum Gasteiger partial charge on any atom is 0.126 e. The van der Waals surface area contributed by atoms with E-state index in [0.717, 1.165) is 18.9 Å². The Morgan fingerprint density at radius 3 is 2.69 bits per heavy atom. The molecule has 3 heteroatoms. The molecule has 1 atom stereocenters. The molecule has 70 valence electrons. The van der Waals surface area contributed by atoms with Crippen LogP contribution in [-0.2, 0) is 0 Å². The Balaban J connectivity index is 2.28. The van der Waals surface area contributed by atoms with Gasteiger partial charge in [0.25, 0.3) is 0 Å². The summed E-state index contributed by atoms with van der Waals surface area (Å²) >= 11 is 0. The lowest BCUT2D eigenvalue weighted by Crippen LogP contribution is -2.12. The normalized spacial score (nSPS) is 18.6. The van der Waals surface area contributed by atoms with Crippen LogP contribution in [0.1, 0.15) is 24.4 Å². The Hall–Kier alpha value is -1.09. The highest BCUT2D eigenvalue weighted by molar-refractivity contribution is 5.35. The molecule has 3 N–H and O–H groups in total. The van der Waals surface area contributed by atoms with Gasteiger partial charge in [0.05, 0.1) is 0 Å². The zero-order valence-electron chi connectivity index (χ0n) is 7.20. The average Bonchev–Trinajstić information content (AvgIpc) is 2.85. The summed E-state index contributed by atoms with van der Waals surface area (Å²) in [5, 5.41) is 9.42. The molecule has 1 fully saturated rings. The fraction of sp³-hybridized carbons (Fsp3) is 0.400. The second-order valence-electron chi connectivity index (χ2n) is 3.57. The Kier molecular flexibility index (Phi) is 1.96. The van der Waals surface area contributed by atoms with Gasteiger partial charge < -0.3 is 10.8 Å². The van der Waals surface area contributed by atoms with Crippen LogP contribution < -0.4 is 5.73 Å². The summed E-state index contributed by atoms with van der Waals surface area (Å²) in [5.74, 6) is 0.0139. The first-order valence-electron chi connectivity index (χ1n) is 4.42. The highest BCUT2D eigenvalue weighted by Crippen LogP contribution is 2.41. The molecular formula is C10H12FNO. The largest absolute Gasteiger partial charge is 0.508 e. The number of halogens is 1. The molecular weight excluding hydrogens is 169 g/mol. The predicted molar refractivity (Wildman–Crippen MR) is 47.7 cm³/mol. The van der Waals surface area contributed by atoms with Crippen molar-refractivity contribution in [3.8, 4) is 5.75 Å². The third-order valence-electron chi connectivity index (χ3n) is 2.48. The van der Waals surface area contributed by atoms with Gasteiger partial charge in [-0.2, -0.15) is 0 Å². The summed E-state index contributed by atoms with van der Waals surface area (Å²) in [6.07, 6.45) is 2.22. The molecule has 13 heavy (non-hydrogen) atoms. The third-order valence-corrected chi connectivity index (χ3v) is 2.48. The standard InChI is InChI=1S/C10H12FNO/c11-7-3-4-8(9(13)5-7)10(12)6-1-2-6/h3-6,10,13H,1-2,12H2/t10-/m0/s1. The first-order chi connectivity index (χ1) is 6.18. The SMILES string of the molecule is N[C@H](c1ccc(F)cc1O)C1CC1. The molecule has 2 nitrogen and oxygen atoms in total. The van der Waals surface area contributed by atoms with Crippen LogP contribution in [0.5, 0.6) is 5.75 Å². The van der Waals surface area contributed by atoms with Crippen molar-refractivity contribution in [3.63, 3.8) is 0 Å². The van der Waals surface area contributed by atoms with Crippen LogP contribution in [0.25, 0.3) is 0 Å². The summed E-state index contributed by atoms with van der Waals surface area (Å²) in [5.41, 5.74) is 6.53. The summed E-state index contributed by atoms with van der Waals surface area (Å²) in [4.78, 5) is 0. The zero-order chi connectivity index (χ0) is 9.42. The lowest BCUT2D eigenvalue weighted by atomic mass is 10.0. The topological polar surface area (TPSA) is 46.2 Å². The molecule has 0 saturated heterocycles. The number of rotatable bonds is 2. The quantitative estimate of drug-likeness (QED) is 0.732. The summed E-state index contributed by atoms with van der Waals surface area (Å²) < 4.78 is 12.6. The van der Waals surface area contributed by atoms with E-state index in [9.17, 15) is 9.50 Å². The molecule has 0 unspecified atom stereocenters. The van der Waals surface area contributed by atoms with Crippen molar-refractivity contribution in [1.29, 1.82) is 0 Å². The van der Waals surface area contributed by atoms with Crippen LogP contribution in [0.4, 0.5) is 4.39 Å². The van der Waals surface area contributed by atoms with Gasteiger partial charge in [0, 0.05) is 17.7 Å². The van der Waals surface area contributed by atoms with Crippen LogP contribution >= 0.6 is 0 Å². The molecule has 0 heterocycles. The Morgan fingerprint density at radius 1 is 1.46 bits per heavy atom. The number of nitrogens with two attached hydrogens (primary N) is 1. The Labute approximate surface area is 76.2 Å². The maximum absolute atomic E-state index is 12.6. The molecule has 0 radical (unpaired) electrons. The number of aromatic hydroxyl groups is 1. The molecule has 0 bridgehead atoms. The number of benzene rings is 1. The van der Waals surface area contributed by atoms with E-state index >= 15 is 0 Å². The van der Waals surface area contributed by atoms with Gasteiger partial charge in [0.1, 0.15) is 11.6 Å².